The van der Waals surface area contributed by atoms with Crippen molar-refractivity contribution in [3.05, 3.63) is 39.4 Å². The van der Waals surface area contributed by atoms with Crippen molar-refractivity contribution < 1.29 is 23.3 Å². The number of nitrogens with one attached hydrogen (secondary N) is 2. The molecule has 0 aromatic heterocycles. The van der Waals surface area contributed by atoms with Crippen molar-refractivity contribution in [2.24, 2.45) is 0 Å². The lowest BCUT2D eigenvalue weighted by molar-refractivity contribution is -0.387. The first-order valence-electron chi connectivity index (χ1n) is 4.54. The van der Waals surface area contributed by atoms with E-state index in [1.807, 2.05) is 0 Å². The van der Waals surface area contributed by atoms with Crippen LogP contribution in [0.3, 0.4) is 0 Å². The van der Waals surface area contributed by atoms with E-state index in [-0.39, 0.29) is 0 Å². The molecular weight excluding hydrogens is 252 g/mol. The van der Waals surface area contributed by atoms with Crippen LogP contribution in [0.25, 0.3) is 0 Å². The van der Waals surface area contributed by atoms with Crippen molar-refractivity contribution in [1.82, 2.24) is 10.9 Å². The van der Waals surface area contributed by atoms with Crippen LogP contribution in [0.2, 0.25) is 0 Å². The molecule has 0 aliphatic heterocycles. The van der Waals surface area contributed by atoms with Crippen LogP contribution in [0.5, 0.6) is 0 Å². The lowest BCUT2D eigenvalue weighted by Crippen LogP contribution is -2.41. The second-order valence-corrected chi connectivity index (χ2v) is 3.15. The number of carbonyl (C=O) groups is 2. The first-order valence-corrected chi connectivity index (χ1v) is 4.54. The van der Waals surface area contributed by atoms with E-state index < -0.39 is 39.6 Å². The number of hydrogen-bond donors (Lipinski definition) is 2. The summed E-state index contributed by atoms with van der Waals surface area (Å²) in [6.45, 7) is 1.06. The minimum absolute atomic E-state index is 0.587. The van der Waals surface area contributed by atoms with Crippen LogP contribution >= 0.6 is 0 Å². The largest absolute Gasteiger partial charge is 0.305 e. The molecule has 2 N–H and O–H groups in total. The van der Waals surface area contributed by atoms with Crippen molar-refractivity contribution in [3.63, 3.8) is 0 Å². The Kier molecular flexibility index (Phi) is 3.87. The van der Waals surface area contributed by atoms with Gasteiger partial charge in [-0.1, -0.05) is 0 Å². The summed E-state index contributed by atoms with van der Waals surface area (Å²) in [5.41, 5.74) is 1.33. The van der Waals surface area contributed by atoms with Gasteiger partial charge < -0.3 is 0 Å². The molecule has 0 aliphatic rings. The molecule has 0 unspecified atom stereocenters. The first-order chi connectivity index (χ1) is 8.34. The Balaban J connectivity index is 3.14. The van der Waals surface area contributed by atoms with Gasteiger partial charge >= 0.3 is 5.69 Å². The SMILES string of the molecule is CC(=O)NNC(=O)c1c(F)ccc([N+](=O)[O-])c1F. The van der Waals surface area contributed by atoms with Gasteiger partial charge in [0.25, 0.3) is 5.91 Å². The fraction of sp³-hybridized carbons (Fsp3) is 0.111. The predicted octanol–water partition coefficient (Wildman–Crippen LogP) is 0.654. The number of benzene rings is 1. The Morgan fingerprint density at radius 1 is 1.28 bits per heavy atom. The van der Waals surface area contributed by atoms with Crippen LogP contribution in [0, 0.1) is 21.7 Å². The summed E-state index contributed by atoms with van der Waals surface area (Å²) in [6.07, 6.45) is 0. The van der Waals surface area contributed by atoms with Gasteiger partial charge in [0, 0.05) is 13.0 Å². The molecule has 0 saturated carbocycles. The molecule has 1 rings (SSSR count). The van der Waals surface area contributed by atoms with E-state index in [1.165, 1.54) is 0 Å². The quantitative estimate of drug-likeness (QED) is 0.601. The number of hydrogen-bond acceptors (Lipinski definition) is 4. The number of hydrazine groups is 1. The molecule has 0 atom stereocenters. The molecule has 7 nitrogen and oxygen atoms in total. The van der Waals surface area contributed by atoms with Crippen LogP contribution < -0.4 is 10.9 Å². The molecule has 0 aliphatic carbocycles. The van der Waals surface area contributed by atoms with Crippen molar-refractivity contribution in [3.8, 4) is 0 Å². The number of nitrogens with zero attached hydrogens (tertiary/aromatic N) is 1. The molecular formula is C9H7F2N3O4. The molecule has 2 amide bonds. The van der Waals surface area contributed by atoms with Gasteiger partial charge in [0.1, 0.15) is 11.4 Å². The third kappa shape index (κ3) is 2.75. The van der Waals surface area contributed by atoms with Crippen molar-refractivity contribution in [1.29, 1.82) is 0 Å². The van der Waals surface area contributed by atoms with Crippen molar-refractivity contribution >= 4 is 17.5 Å². The fourth-order valence-corrected chi connectivity index (χ4v) is 1.10. The summed E-state index contributed by atoms with van der Waals surface area (Å²) in [6, 6.07) is 1.18. The average Bonchev–Trinajstić information content (AvgIpc) is 2.25. The number of nitro benzene ring substituents is 1. The molecule has 0 fully saturated rings. The lowest BCUT2D eigenvalue weighted by Gasteiger charge is -2.06. The van der Waals surface area contributed by atoms with E-state index in [4.69, 9.17) is 0 Å². The highest BCUT2D eigenvalue weighted by atomic mass is 19.1. The summed E-state index contributed by atoms with van der Waals surface area (Å²) in [5, 5.41) is 10.4. The Labute approximate surface area is 98.9 Å². The zero-order valence-corrected chi connectivity index (χ0v) is 8.99. The second-order valence-electron chi connectivity index (χ2n) is 3.15. The van der Waals surface area contributed by atoms with E-state index in [2.05, 4.69) is 0 Å². The topological polar surface area (TPSA) is 101 Å². The Morgan fingerprint density at radius 2 is 1.89 bits per heavy atom. The summed E-state index contributed by atoms with van der Waals surface area (Å²) in [4.78, 5) is 31.2. The monoisotopic (exact) mass is 259 g/mol. The molecule has 0 radical (unpaired) electrons. The number of halogens is 2. The fourth-order valence-electron chi connectivity index (χ4n) is 1.10. The minimum Gasteiger partial charge on any atom is -0.274 e. The van der Waals surface area contributed by atoms with Crippen LogP contribution in [0.4, 0.5) is 14.5 Å². The van der Waals surface area contributed by atoms with Gasteiger partial charge in [0.2, 0.25) is 11.7 Å². The van der Waals surface area contributed by atoms with Gasteiger partial charge in [0.15, 0.2) is 0 Å². The standard InChI is InChI=1S/C9H7F2N3O4/c1-4(15)12-13-9(16)7-5(10)2-3-6(8(7)11)14(17)18/h2-3H,1H3,(H,12,15)(H,13,16). The highest BCUT2D eigenvalue weighted by Crippen LogP contribution is 2.22. The molecule has 1 aromatic rings. The van der Waals surface area contributed by atoms with E-state index >= 15 is 0 Å². The van der Waals surface area contributed by atoms with Gasteiger partial charge in [-0.25, -0.2) is 4.39 Å². The number of rotatable bonds is 2. The Hall–Kier alpha value is -2.58. The summed E-state index contributed by atoms with van der Waals surface area (Å²) in [7, 11) is 0. The molecule has 0 spiro atoms. The molecule has 18 heavy (non-hydrogen) atoms. The van der Waals surface area contributed by atoms with Crippen molar-refractivity contribution in [2.45, 2.75) is 6.92 Å². The number of amides is 2. The number of carbonyl (C=O) groups excluding carboxylic acids is 2. The van der Waals surface area contributed by atoms with E-state index in [0.29, 0.717) is 12.1 Å². The third-order valence-corrected chi connectivity index (χ3v) is 1.85. The first kappa shape index (κ1) is 13.5. The molecule has 0 heterocycles. The molecule has 0 bridgehead atoms. The van der Waals surface area contributed by atoms with Crippen LogP contribution in [0.15, 0.2) is 12.1 Å². The van der Waals surface area contributed by atoms with E-state index in [1.54, 1.807) is 10.9 Å². The van der Waals surface area contributed by atoms with Crippen LogP contribution in [-0.4, -0.2) is 16.7 Å². The maximum Gasteiger partial charge on any atom is 0.305 e. The summed E-state index contributed by atoms with van der Waals surface area (Å²) in [5.74, 6) is -4.89. The third-order valence-electron chi connectivity index (χ3n) is 1.85. The van der Waals surface area contributed by atoms with Gasteiger partial charge in [-0.05, 0) is 6.07 Å². The van der Waals surface area contributed by atoms with Crippen molar-refractivity contribution in [2.75, 3.05) is 0 Å². The minimum atomic E-state index is -1.61. The second kappa shape index (κ2) is 5.17. The van der Waals surface area contributed by atoms with Gasteiger partial charge in [0.05, 0.1) is 4.92 Å². The average molecular weight is 259 g/mol. The number of nitro groups is 1. The molecule has 0 saturated heterocycles. The van der Waals surface area contributed by atoms with Gasteiger partial charge in [-0.2, -0.15) is 4.39 Å². The predicted molar refractivity (Wildman–Crippen MR) is 54.3 cm³/mol. The van der Waals surface area contributed by atoms with Crippen LogP contribution in [0.1, 0.15) is 17.3 Å². The summed E-state index contributed by atoms with van der Waals surface area (Å²) >= 11 is 0. The highest BCUT2D eigenvalue weighted by Gasteiger charge is 2.26. The smallest absolute Gasteiger partial charge is 0.274 e. The normalized spacial score (nSPS) is 9.72. The van der Waals surface area contributed by atoms with E-state index in [9.17, 15) is 28.5 Å². The molecule has 96 valence electrons. The molecule has 9 heteroatoms. The summed E-state index contributed by atoms with van der Waals surface area (Å²) < 4.78 is 26.7. The lowest BCUT2D eigenvalue weighted by atomic mass is 10.1. The van der Waals surface area contributed by atoms with Gasteiger partial charge in [-0.3, -0.25) is 30.6 Å². The highest BCUT2D eigenvalue weighted by molar-refractivity contribution is 5.96. The zero-order chi connectivity index (χ0) is 13.9. The Morgan fingerprint density at radius 3 is 2.39 bits per heavy atom. The maximum absolute atomic E-state index is 13.5. The molecule has 1 aromatic carbocycles. The van der Waals surface area contributed by atoms with Gasteiger partial charge in [-0.15, -0.1) is 0 Å². The van der Waals surface area contributed by atoms with E-state index in [0.717, 1.165) is 6.92 Å². The Bertz CT molecular complexity index is 533. The zero-order valence-electron chi connectivity index (χ0n) is 8.99. The van der Waals surface area contributed by atoms with Crippen LogP contribution in [-0.2, 0) is 4.79 Å². The maximum atomic E-state index is 13.5.